The lowest BCUT2D eigenvalue weighted by molar-refractivity contribution is -0.182. The van der Waals surface area contributed by atoms with Crippen molar-refractivity contribution < 1.29 is 41.8 Å². The second-order valence-corrected chi connectivity index (χ2v) is 17.0. The van der Waals surface area contributed by atoms with Crippen LogP contribution in [0.3, 0.4) is 0 Å². The number of fused-ring (bicyclic) bond motifs is 4. The first kappa shape index (κ1) is 29.6. The van der Waals surface area contributed by atoms with Crippen molar-refractivity contribution in [2.45, 2.75) is 48.9 Å². The van der Waals surface area contributed by atoms with Gasteiger partial charge in [-0.1, -0.05) is 5.69 Å². The Hall–Kier alpha value is -2.74. The third-order valence-corrected chi connectivity index (χ3v) is 12.1. The Morgan fingerprint density at radius 2 is 1.64 bits per heavy atom. The van der Waals surface area contributed by atoms with E-state index in [2.05, 4.69) is 29.9 Å². The van der Waals surface area contributed by atoms with Crippen molar-refractivity contribution in [3.8, 4) is 5.69 Å². The fourth-order valence-corrected chi connectivity index (χ4v) is 9.31. The second kappa shape index (κ2) is 10.6. The molecule has 4 bridgehead atoms. The molecule has 4 saturated heterocycles. The first-order valence-electron chi connectivity index (χ1n) is 13.4. The van der Waals surface area contributed by atoms with E-state index in [1.165, 1.54) is 25.3 Å². The number of nitrogen functional groups attached to an aromatic ring is 2. The number of imidazole rings is 2. The molecule has 8 heterocycles. The summed E-state index contributed by atoms with van der Waals surface area (Å²) in [5.74, 6) is 0.344. The summed E-state index contributed by atoms with van der Waals surface area (Å²) in [5, 5.41) is 0. The maximum absolute atomic E-state index is 14.0. The molecule has 19 nitrogen and oxygen atoms in total. The minimum Gasteiger partial charge on any atom is -0.382 e. The third-order valence-electron chi connectivity index (χ3n) is 7.97. The molecule has 4 aliphatic rings. The highest BCUT2D eigenvalue weighted by molar-refractivity contribution is 8.48. The van der Waals surface area contributed by atoms with Gasteiger partial charge in [0.2, 0.25) is 0 Å². The molecule has 4 fully saturated rings. The Morgan fingerprint density at radius 3 is 2.31 bits per heavy atom. The minimum absolute atomic E-state index is 0.0624. The van der Waals surface area contributed by atoms with Gasteiger partial charge in [-0.05, 0) is 22.6 Å². The van der Waals surface area contributed by atoms with Crippen LogP contribution in [0.1, 0.15) is 18.9 Å². The lowest BCUT2D eigenvalue weighted by atomic mass is 10.0. The largest absolute Gasteiger partial charge is 0.418 e. The number of rotatable bonds is 2. The van der Waals surface area contributed by atoms with Gasteiger partial charge in [-0.15, -0.1) is 0 Å². The maximum Gasteiger partial charge on any atom is 0.418 e. The molecule has 0 spiro atoms. The molecule has 0 saturated carbocycles. The fourth-order valence-electron chi connectivity index (χ4n) is 5.94. The molecule has 0 radical (unpaired) electrons. The Labute approximate surface area is 261 Å². The van der Waals surface area contributed by atoms with E-state index in [-0.39, 0.29) is 37.9 Å². The number of nitrogens with two attached hydrogens (primary N) is 2. The van der Waals surface area contributed by atoms with Crippen LogP contribution in [0.15, 0.2) is 25.3 Å². The summed E-state index contributed by atoms with van der Waals surface area (Å²) in [4.78, 5) is 36.3. The lowest BCUT2D eigenvalue weighted by Crippen LogP contribution is -2.45. The van der Waals surface area contributed by atoms with Gasteiger partial charge in [-0.25, -0.2) is 34.5 Å². The van der Waals surface area contributed by atoms with Gasteiger partial charge in [0, 0.05) is 6.42 Å². The molecule has 8 rings (SSSR count). The molecule has 4 aromatic rings. The van der Waals surface area contributed by atoms with E-state index in [1.807, 2.05) is 0 Å². The predicted octanol–water partition coefficient (Wildman–Crippen LogP) is 1.25. The van der Waals surface area contributed by atoms with E-state index in [4.69, 9.17) is 61.3 Å². The number of hydrogen-bond donors (Lipinski definition) is 3. The van der Waals surface area contributed by atoms with Crippen LogP contribution in [0.5, 0.6) is 0 Å². The van der Waals surface area contributed by atoms with E-state index in [9.17, 15) is 9.46 Å². The van der Waals surface area contributed by atoms with Crippen molar-refractivity contribution in [3.63, 3.8) is 0 Å². The molecule has 238 valence electrons. The molecule has 0 aliphatic carbocycles. The molecule has 0 amide bonds. The fraction of sp³-hybridized carbons (Fsp3) is 0.500. The number of ether oxygens (including phenoxy) is 3. The highest BCUT2D eigenvalue weighted by Gasteiger charge is 2.65. The quantitative estimate of drug-likeness (QED) is 0.249. The highest BCUT2D eigenvalue weighted by atomic mass is 32.7. The van der Waals surface area contributed by atoms with Crippen LogP contribution in [0.4, 0.5) is 11.6 Å². The van der Waals surface area contributed by atoms with Crippen molar-refractivity contribution in [3.05, 3.63) is 25.3 Å². The molecule has 45 heavy (non-hydrogen) atoms. The summed E-state index contributed by atoms with van der Waals surface area (Å²) in [7, 11) is 0.413. The SMILES string of the molecule is C#S[P@]1(=O)OC[C@@]23CO[C@@H]([C@H](n4cnc5c(N)ncnc54)O2)[C@@H]3OP(O)(=S)OC[C@@H]2C[C@@H](O1)[C@H](n1cnc3c(N)ncnc31)O2. The molecule has 0 aromatic carbocycles. The van der Waals surface area contributed by atoms with E-state index >= 15 is 0 Å². The highest BCUT2D eigenvalue weighted by Crippen LogP contribution is 2.62. The third kappa shape index (κ3) is 4.87. The van der Waals surface area contributed by atoms with Crippen LogP contribution in [0.25, 0.3) is 22.3 Å². The van der Waals surface area contributed by atoms with Gasteiger partial charge in [0.05, 0.1) is 38.6 Å². The van der Waals surface area contributed by atoms with Crippen LogP contribution in [-0.2, 0) is 48.7 Å². The summed E-state index contributed by atoms with van der Waals surface area (Å²) in [6.45, 7) is -8.69. The maximum atomic E-state index is 14.0. The Bertz CT molecular complexity index is 1980. The summed E-state index contributed by atoms with van der Waals surface area (Å²) in [6, 6.07) is 0. The summed E-state index contributed by atoms with van der Waals surface area (Å²) in [6.07, 6.45) is 0.412. The van der Waals surface area contributed by atoms with E-state index in [1.54, 1.807) is 9.13 Å². The number of hydrogen-bond acceptors (Lipinski definition) is 17. The van der Waals surface area contributed by atoms with Crippen LogP contribution < -0.4 is 11.5 Å². The predicted molar refractivity (Wildman–Crippen MR) is 159 cm³/mol. The van der Waals surface area contributed by atoms with E-state index < -0.39 is 56.0 Å². The number of anilines is 2. The van der Waals surface area contributed by atoms with Gasteiger partial charge in [0.15, 0.2) is 35.4 Å². The molecular formula is C22H24N10O9P2S2. The van der Waals surface area contributed by atoms with Gasteiger partial charge < -0.3 is 35.1 Å². The van der Waals surface area contributed by atoms with E-state index in [0.29, 0.717) is 33.1 Å². The standard InChI is InChI=1S/C22H24N10O9P2S2/c1-45-43(34)37-5-22-4-35-14(21(39-22)32-9-30-13-17(24)26-7-28-19(13)32)15(22)41-42(33,44)36-3-10-2-11(40-43)20(38-10)31-8-29-12-16(23)25-6-27-18(12)31/h1,6-11,14-15,20-21H,2-5H2,(H,33,44)(H2,23,25,27)(H2,24,26,28)/t10-,11+,14+,15-,20+,21+,22+,42?,43+/m0/s1. The van der Waals surface area contributed by atoms with Gasteiger partial charge in [0.25, 0.3) is 0 Å². The van der Waals surface area contributed by atoms with Crippen molar-refractivity contribution in [2.24, 2.45) is 0 Å². The van der Waals surface area contributed by atoms with Crippen molar-refractivity contribution in [1.29, 1.82) is 0 Å². The first-order valence-corrected chi connectivity index (χ1v) is 19.0. The van der Waals surface area contributed by atoms with Crippen LogP contribution in [-0.4, -0.2) is 93.8 Å². The Balaban J connectivity index is 1.14. The molecular weight excluding hydrogens is 674 g/mol. The first-order chi connectivity index (χ1) is 21.6. The van der Waals surface area contributed by atoms with Crippen molar-refractivity contribution >= 4 is 70.1 Å². The van der Waals surface area contributed by atoms with Crippen LogP contribution in [0.2, 0.25) is 0 Å². The Morgan fingerprint density at radius 1 is 0.978 bits per heavy atom. The second-order valence-electron chi connectivity index (χ2n) is 10.7. The van der Waals surface area contributed by atoms with Crippen molar-refractivity contribution in [1.82, 2.24) is 39.0 Å². The number of nitrogens with zero attached hydrogens (tertiary/aromatic N) is 8. The zero-order valence-electron chi connectivity index (χ0n) is 22.8. The summed E-state index contributed by atoms with van der Waals surface area (Å²) in [5.41, 5.74) is 17.8. The topological polar surface area (TPSA) is 241 Å². The van der Waals surface area contributed by atoms with Gasteiger partial charge in [0.1, 0.15) is 47.6 Å². The molecule has 1 unspecified atom stereocenters. The van der Waals surface area contributed by atoms with Crippen LogP contribution in [0, 0.1) is 5.69 Å². The normalized spacial score (nSPS) is 38.5. The zero-order valence-corrected chi connectivity index (χ0v) is 26.3. The van der Waals surface area contributed by atoms with Crippen molar-refractivity contribution in [2.75, 3.05) is 31.3 Å². The average Bonchev–Trinajstić information content (AvgIpc) is 3.83. The molecule has 23 heteroatoms. The lowest BCUT2D eigenvalue weighted by Gasteiger charge is -2.33. The van der Waals surface area contributed by atoms with Gasteiger partial charge in [-0.2, -0.15) is 0 Å². The van der Waals surface area contributed by atoms with E-state index in [0.717, 1.165) is 0 Å². The number of aromatic nitrogens is 8. The molecule has 4 aliphatic heterocycles. The molecule has 5 N–H and O–H groups in total. The van der Waals surface area contributed by atoms with Gasteiger partial charge >= 0.3 is 13.5 Å². The van der Waals surface area contributed by atoms with Gasteiger partial charge in [-0.3, -0.25) is 22.7 Å². The smallest absolute Gasteiger partial charge is 0.382 e. The molecule has 9 atom stereocenters. The summed E-state index contributed by atoms with van der Waals surface area (Å²) >= 11 is 5.42. The van der Waals surface area contributed by atoms with Crippen LogP contribution >= 0.6 is 24.3 Å². The monoisotopic (exact) mass is 698 g/mol. The average molecular weight is 699 g/mol. The Kier molecular flexibility index (Phi) is 7.01. The summed E-state index contributed by atoms with van der Waals surface area (Å²) < 4.78 is 59.8. The minimum atomic E-state index is -4.10. The zero-order chi connectivity index (χ0) is 31.1. The molecule has 4 aromatic heterocycles.